The summed E-state index contributed by atoms with van der Waals surface area (Å²) in [6.07, 6.45) is 2.32. The van der Waals surface area contributed by atoms with Crippen molar-refractivity contribution in [3.8, 4) is 0 Å². The van der Waals surface area contributed by atoms with Crippen LogP contribution in [0.5, 0.6) is 0 Å². The van der Waals surface area contributed by atoms with Gasteiger partial charge in [-0.15, -0.1) is 6.58 Å². The maximum atomic E-state index is 12.0. The number of benzene rings is 1. The fourth-order valence-corrected chi connectivity index (χ4v) is 2.07. The average Bonchev–Trinajstić information content (AvgIpc) is 2.51. The molecule has 0 bridgehead atoms. The molecule has 0 spiro atoms. The summed E-state index contributed by atoms with van der Waals surface area (Å²) >= 11 is 3.30. The van der Waals surface area contributed by atoms with Gasteiger partial charge >= 0.3 is 0 Å². The molecule has 0 fully saturated rings. The molecule has 2 amide bonds. The van der Waals surface area contributed by atoms with Gasteiger partial charge in [0.15, 0.2) is 0 Å². The second-order valence-corrected chi connectivity index (χ2v) is 5.94. The van der Waals surface area contributed by atoms with Crippen LogP contribution in [0.25, 0.3) is 0 Å². The van der Waals surface area contributed by atoms with Crippen LogP contribution < -0.4 is 10.6 Å². The number of aliphatic hydroxyl groups is 1. The zero-order chi connectivity index (χ0) is 16.5. The Kier molecular flexibility index (Phi) is 7.84. The van der Waals surface area contributed by atoms with Gasteiger partial charge < -0.3 is 15.7 Å². The van der Waals surface area contributed by atoms with Gasteiger partial charge in [0.1, 0.15) is 6.04 Å². The molecule has 3 N–H and O–H groups in total. The Morgan fingerprint density at radius 2 is 2.00 bits per heavy atom. The largest absolute Gasteiger partial charge is 0.396 e. The maximum absolute atomic E-state index is 12.0. The number of hydrogen-bond donors (Lipinski definition) is 3. The van der Waals surface area contributed by atoms with Crippen molar-refractivity contribution in [2.24, 2.45) is 5.92 Å². The van der Waals surface area contributed by atoms with Crippen LogP contribution in [0.4, 0.5) is 0 Å². The van der Waals surface area contributed by atoms with E-state index >= 15 is 0 Å². The number of allylic oxidation sites excluding steroid dienone is 1. The number of nitrogens with one attached hydrogen (secondary N) is 2. The summed E-state index contributed by atoms with van der Waals surface area (Å²) in [5.41, 5.74) is 0.489. The molecule has 0 aliphatic rings. The van der Waals surface area contributed by atoms with Crippen molar-refractivity contribution in [3.63, 3.8) is 0 Å². The van der Waals surface area contributed by atoms with Gasteiger partial charge in [-0.05, 0) is 37.6 Å². The molecule has 1 rings (SSSR count). The number of hydrogen-bond acceptors (Lipinski definition) is 3. The predicted octanol–water partition coefficient (Wildman–Crippen LogP) is 1.87. The van der Waals surface area contributed by atoms with E-state index in [1.165, 1.54) is 0 Å². The SMILES string of the molecule is C=CC[C@@H](CO)CNC(=O)[C@H](C)NC(=O)c1ccc(Br)cc1. The molecule has 5 nitrogen and oxygen atoms in total. The topological polar surface area (TPSA) is 78.4 Å². The molecule has 0 aliphatic carbocycles. The summed E-state index contributed by atoms with van der Waals surface area (Å²) in [6.45, 7) is 5.55. The number of halogens is 1. The maximum Gasteiger partial charge on any atom is 0.251 e. The highest BCUT2D eigenvalue weighted by Crippen LogP contribution is 2.10. The Hall–Kier alpha value is -1.66. The minimum Gasteiger partial charge on any atom is -0.396 e. The third-order valence-corrected chi connectivity index (χ3v) is 3.70. The lowest BCUT2D eigenvalue weighted by Crippen LogP contribution is -2.46. The fraction of sp³-hybridized carbons (Fsp3) is 0.375. The van der Waals surface area contributed by atoms with Crippen LogP contribution in [0, 0.1) is 5.92 Å². The Bertz CT molecular complexity index is 517. The smallest absolute Gasteiger partial charge is 0.251 e. The molecule has 22 heavy (non-hydrogen) atoms. The van der Waals surface area contributed by atoms with Crippen molar-refractivity contribution < 1.29 is 14.7 Å². The van der Waals surface area contributed by atoms with E-state index in [4.69, 9.17) is 5.11 Å². The highest BCUT2D eigenvalue weighted by molar-refractivity contribution is 9.10. The van der Waals surface area contributed by atoms with Crippen molar-refractivity contribution >= 4 is 27.7 Å². The van der Waals surface area contributed by atoms with Gasteiger partial charge in [-0.1, -0.05) is 22.0 Å². The summed E-state index contributed by atoms with van der Waals surface area (Å²) in [4.78, 5) is 24.0. The highest BCUT2D eigenvalue weighted by Gasteiger charge is 2.17. The highest BCUT2D eigenvalue weighted by atomic mass is 79.9. The van der Waals surface area contributed by atoms with Crippen molar-refractivity contribution in [1.29, 1.82) is 0 Å². The van der Waals surface area contributed by atoms with Crippen LogP contribution in [-0.4, -0.2) is 36.1 Å². The van der Waals surface area contributed by atoms with Crippen LogP contribution >= 0.6 is 15.9 Å². The fourth-order valence-electron chi connectivity index (χ4n) is 1.80. The quantitative estimate of drug-likeness (QED) is 0.612. The monoisotopic (exact) mass is 368 g/mol. The van der Waals surface area contributed by atoms with E-state index < -0.39 is 6.04 Å². The van der Waals surface area contributed by atoms with Gasteiger partial charge in [0.2, 0.25) is 5.91 Å². The van der Waals surface area contributed by atoms with E-state index in [1.54, 1.807) is 37.3 Å². The van der Waals surface area contributed by atoms with Crippen molar-refractivity contribution in [2.75, 3.05) is 13.2 Å². The molecule has 0 unspecified atom stereocenters. The molecule has 120 valence electrons. The van der Waals surface area contributed by atoms with E-state index in [-0.39, 0.29) is 24.3 Å². The summed E-state index contributed by atoms with van der Waals surface area (Å²) in [6, 6.07) is 6.23. The first kappa shape index (κ1) is 18.4. The van der Waals surface area contributed by atoms with Crippen LogP contribution in [-0.2, 0) is 4.79 Å². The summed E-state index contributed by atoms with van der Waals surface area (Å²) in [5, 5.41) is 14.5. The van der Waals surface area contributed by atoms with Crippen LogP contribution in [0.15, 0.2) is 41.4 Å². The Balaban J connectivity index is 2.48. The minimum absolute atomic E-state index is 0.0219. The van der Waals surface area contributed by atoms with Crippen molar-refractivity contribution in [3.05, 3.63) is 47.0 Å². The van der Waals surface area contributed by atoms with Crippen LogP contribution in [0.3, 0.4) is 0 Å². The molecule has 1 aromatic carbocycles. The van der Waals surface area contributed by atoms with E-state index in [0.717, 1.165) is 4.47 Å². The average molecular weight is 369 g/mol. The third kappa shape index (κ3) is 5.99. The summed E-state index contributed by atoms with van der Waals surface area (Å²) in [7, 11) is 0. The number of rotatable bonds is 8. The van der Waals surface area contributed by atoms with E-state index in [9.17, 15) is 9.59 Å². The molecular weight excluding hydrogens is 348 g/mol. The van der Waals surface area contributed by atoms with Gasteiger partial charge in [-0.25, -0.2) is 0 Å². The number of carbonyl (C=O) groups excluding carboxylic acids is 2. The van der Waals surface area contributed by atoms with E-state index in [0.29, 0.717) is 18.5 Å². The van der Waals surface area contributed by atoms with Crippen molar-refractivity contribution in [2.45, 2.75) is 19.4 Å². The molecule has 2 atom stereocenters. The van der Waals surface area contributed by atoms with Gasteiger partial charge in [0.05, 0.1) is 0 Å². The minimum atomic E-state index is -0.653. The third-order valence-electron chi connectivity index (χ3n) is 3.17. The second-order valence-electron chi connectivity index (χ2n) is 5.02. The number of carbonyl (C=O) groups is 2. The molecule has 0 saturated heterocycles. The molecule has 0 saturated carbocycles. The molecular formula is C16H21BrN2O3. The molecule has 0 aromatic heterocycles. The normalized spacial score (nSPS) is 13.0. The number of amides is 2. The van der Waals surface area contributed by atoms with Gasteiger partial charge in [-0.3, -0.25) is 9.59 Å². The predicted molar refractivity (Wildman–Crippen MR) is 89.5 cm³/mol. The summed E-state index contributed by atoms with van der Waals surface area (Å²) in [5.74, 6) is -0.649. The Morgan fingerprint density at radius 1 is 1.36 bits per heavy atom. The van der Waals surface area contributed by atoms with Crippen molar-refractivity contribution in [1.82, 2.24) is 10.6 Å². The standard InChI is InChI=1S/C16H21BrN2O3/c1-3-4-12(10-20)9-18-15(21)11(2)19-16(22)13-5-7-14(17)8-6-13/h3,5-8,11-12,20H,1,4,9-10H2,2H3,(H,18,21)(H,19,22)/t11-,12+/m0/s1. The lowest BCUT2D eigenvalue weighted by atomic mass is 10.1. The molecule has 0 radical (unpaired) electrons. The molecule has 0 aliphatic heterocycles. The molecule has 6 heteroatoms. The molecule has 0 heterocycles. The summed E-state index contributed by atoms with van der Waals surface area (Å²) < 4.78 is 0.882. The first-order valence-corrected chi connectivity index (χ1v) is 7.83. The van der Waals surface area contributed by atoms with E-state index in [1.807, 2.05) is 0 Å². The molecule has 1 aromatic rings. The zero-order valence-corrected chi connectivity index (χ0v) is 14.1. The second kappa shape index (κ2) is 9.38. The first-order valence-electron chi connectivity index (χ1n) is 7.03. The van der Waals surface area contributed by atoms with Crippen LogP contribution in [0.2, 0.25) is 0 Å². The van der Waals surface area contributed by atoms with E-state index in [2.05, 4.69) is 33.1 Å². The van der Waals surface area contributed by atoms with Crippen LogP contribution in [0.1, 0.15) is 23.7 Å². The number of aliphatic hydroxyl groups excluding tert-OH is 1. The lowest BCUT2D eigenvalue weighted by molar-refractivity contribution is -0.122. The Morgan fingerprint density at radius 3 is 2.55 bits per heavy atom. The van der Waals surface area contributed by atoms with Gasteiger partial charge in [-0.2, -0.15) is 0 Å². The first-order chi connectivity index (χ1) is 10.5. The lowest BCUT2D eigenvalue weighted by Gasteiger charge is -2.17. The zero-order valence-electron chi connectivity index (χ0n) is 12.5. The Labute approximate surface area is 138 Å². The van der Waals surface area contributed by atoms with Gasteiger partial charge in [0, 0.05) is 29.1 Å². The van der Waals surface area contributed by atoms with Gasteiger partial charge in [0.25, 0.3) is 5.91 Å².